The number of nitrogens with zero attached hydrogens (tertiary/aromatic N) is 3. The summed E-state index contributed by atoms with van der Waals surface area (Å²) in [5.74, 6) is 1.32. The van der Waals surface area contributed by atoms with E-state index >= 15 is 0 Å². The Morgan fingerprint density at radius 2 is 2.14 bits per heavy atom. The Morgan fingerprint density at radius 1 is 1.24 bits per heavy atom. The SMILES string of the molecule is Cc1cc(-c2[nH]c3ccc(O[C@H]4CCCNC4)cc3c2C(C)C)cn2ncnc12. The quantitative estimate of drug-likeness (QED) is 0.541. The maximum atomic E-state index is 6.28. The summed E-state index contributed by atoms with van der Waals surface area (Å²) in [7, 11) is 0. The Morgan fingerprint density at radius 3 is 2.93 bits per heavy atom. The minimum Gasteiger partial charge on any atom is -0.489 e. The van der Waals surface area contributed by atoms with Crippen LogP contribution in [0.2, 0.25) is 0 Å². The van der Waals surface area contributed by atoms with Crippen LogP contribution in [0.15, 0.2) is 36.8 Å². The first-order chi connectivity index (χ1) is 14.1. The molecule has 4 aromatic rings. The molecular formula is C23H27N5O. The Bertz CT molecular complexity index is 1170. The van der Waals surface area contributed by atoms with Crippen LogP contribution in [-0.2, 0) is 0 Å². The summed E-state index contributed by atoms with van der Waals surface area (Å²) >= 11 is 0. The van der Waals surface area contributed by atoms with Gasteiger partial charge in [0.05, 0.1) is 5.69 Å². The molecule has 0 radical (unpaired) electrons. The van der Waals surface area contributed by atoms with Crippen LogP contribution in [0.5, 0.6) is 5.75 Å². The van der Waals surface area contributed by atoms with Crippen molar-refractivity contribution in [1.82, 2.24) is 24.9 Å². The lowest BCUT2D eigenvalue weighted by Gasteiger charge is -2.24. The molecule has 0 bridgehead atoms. The summed E-state index contributed by atoms with van der Waals surface area (Å²) in [4.78, 5) is 7.99. The molecule has 2 N–H and O–H groups in total. The number of aryl methyl sites for hydroxylation is 1. The predicted octanol–water partition coefficient (Wildman–Crippen LogP) is 4.44. The van der Waals surface area contributed by atoms with Gasteiger partial charge in [-0.2, -0.15) is 5.10 Å². The maximum absolute atomic E-state index is 6.28. The van der Waals surface area contributed by atoms with Gasteiger partial charge in [0.15, 0.2) is 5.65 Å². The molecule has 0 aliphatic carbocycles. The highest BCUT2D eigenvalue weighted by Gasteiger charge is 2.19. The van der Waals surface area contributed by atoms with E-state index in [1.807, 2.05) is 4.52 Å². The van der Waals surface area contributed by atoms with E-state index in [4.69, 9.17) is 4.74 Å². The van der Waals surface area contributed by atoms with E-state index in [0.29, 0.717) is 5.92 Å². The molecule has 1 aliphatic rings. The zero-order valence-electron chi connectivity index (χ0n) is 17.2. The highest BCUT2D eigenvalue weighted by molar-refractivity contribution is 5.92. The monoisotopic (exact) mass is 389 g/mol. The molecule has 1 aromatic carbocycles. The molecule has 6 heteroatoms. The van der Waals surface area contributed by atoms with Crippen LogP contribution in [0.4, 0.5) is 0 Å². The minimum absolute atomic E-state index is 0.250. The van der Waals surface area contributed by atoms with E-state index in [1.165, 1.54) is 17.4 Å². The van der Waals surface area contributed by atoms with Crippen LogP contribution in [0.3, 0.4) is 0 Å². The third-order valence-corrected chi connectivity index (χ3v) is 5.79. The van der Waals surface area contributed by atoms with Crippen LogP contribution in [0, 0.1) is 6.92 Å². The molecule has 0 unspecified atom stereocenters. The topological polar surface area (TPSA) is 67.2 Å². The first-order valence-electron chi connectivity index (χ1n) is 10.4. The molecule has 3 aromatic heterocycles. The fourth-order valence-corrected chi connectivity index (χ4v) is 4.44. The van der Waals surface area contributed by atoms with Gasteiger partial charge in [0.25, 0.3) is 0 Å². The molecule has 150 valence electrons. The van der Waals surface area contributed by atoms with Gasteiger partial charge in [0, 0.05) is 29.2 Å². The Kier molecular flexibility index (Phi) is 4.51. The number of hydrogen-bond donors (Lipinski definition) is 2. The van der Waals surface area contributed by atoms with E-state index in [-0.39, 0.29) is 6.10 Å². The summed E-state index contributed by atoms with van der Waals surface area (Å²) in [6.07, 6.45) is 6.18. The second-order valence-electron chi connectivity index (χ2n) is 8.30. The van der Waals surface area contributed by atoms with Gasteiger partial charge >= 0.3 is 0 Å². The third kappa shape index (κ3) is 3.27. The van der Waals surface area contributed by atoms with Crippen LogP contribution in [0.25, 0.3) is 27.8 Å². The Balaban J connectivity index is 1.60. The lowest BCUT2D eigenvalue weighted by Crippen LogP contribution is -2.37. The van der Waals surface area contributed by atoms with Gasteiger partial charge in [-0.15, -0.1) is 0 Å². The van der Waals surface area contributed by atoms with Crippen LogP contribution in [-0.4, -0.2) is 38.8 Å². The van der Waals surface area contributed by atoms with E-state index in [2.05, 4.69) is 71.6 Å². The van der Waals surface area contributed by atoms with Crippen molar-refractivity contribution in [3.8, 4) is 17.0 Å². The van der Waals surface area contributed by atoms with E-state index in [0.717, 1.165) is 53.2 Å². The zero-order valence-corrected chi connectivity index (χ0v) is 17.2. The molecule has 1 saturated heterocycles. The van der Waals surface area contributed by atoms with Crippen molar-refractivity contribution < 1.29 is 4.74 Å². The first-order valence-corrected chi connectivity index (χ1v) is 10.4. The number of nitrogens with one attached hydrogen (secondary N) is 2. The number of piperidine rings is 1. The van der Waals surface area contributed by atoms with E-state index < -0.39 is 0 Å². The molecule has 0 spiro atoms. The highest BCUT2D eigenvalue weighted by atomic mass is 16.5. The number of pyridine rings is 1. The molecule has 6 nitrogen and oxygen atoms in total. The summed E-state index contributed by atoms with van der Waals surface area (Å²) in [6.45, 7) is 8.57. The Hall–Kier alpha value is -2.86. The van der Waals surface area contributed by atoms with Crippen LogP contribution in [0.1, 0.15) is 43.7 Å². The number of benzene rings is 1. The van der Waals surface area contributed by atoms with Crippen LogP contribution < -0.4 is 10.1 Å². The smallest absolute Gasteiger partial charge is 0.158 e. The van der Waals surface area contributed by atoms with Gasteiger partial charge in [-0.25, -0.2) is 9.50 Å². The normalized spacial score (nSPS) is 17.4. The van der Waals surface area contributed by atoms with Crippen molar-refractivity contribution in [2.24, 2.45) is 0 Å². The van der Waals surface area contributed by atoms with Crippen LogP contribution >= 0.6 is 0 Å². The minimum atomic E-state index is 0.250. The van der Waals surface area contributed by atoms with Gasteiger partial charge < -0.3 is 15.0 Å². The van der Waals surface area contributed by atoms with Crippen molar-refractivity contribution >= 4 is 16.6 Å². The molecule has 5 rings (SSSR count). The lowest BCUT2D eigenvalue weighted by molar-refractivity contribution is 0.167. The van der Waals surface area contributed by atoms with Gasteiger partial charge in [-0.3, -0.25) is 0 Å². The molecule has 1 fully saturated rings. The molecule has 0 amide bonds. The largest absolute Gasteiger partial charge is 0.489 e. The van der Waals surface area contributed by atoms with Crippen molar-refractivity contribution in [2.45, 2.75) is 45.6 Å². The molecule has 1 atom stereocenters. The average Bonchev–Trinajstić information content (AvgIpc) is 3.33. The molecule has 4 heterocycles. The number of hydrogen-bond acceptors (Lipinski definition) is 4. The number of aromatic nitrogens is 4. The van der Waals surface area contributed by atoms with Gasteiger partial charge in [-0.05, 0) is 67.6 Å². The van der Waals surface area contributed by atoms with Gasteiger partial charge in [0.2, 0.25) is 0 Å². The number of rotatable bonds is 4. The standard InChI is InChI=1S/C23H27N5O/c1-14(2)21-19-10-17(29-18-5-4-8-24-11-18)6-7-20(19)27-22(21)16-9-15(3)23-25-13-26-28(23)12-16/h6-7,9-10,12-14,18,24,27H,4-5,8,11H2,1-3H3/t18-/m0/s1. The number of ether oxygens (including phenoxy) is 1. The summed E-state index contributed by atoms with van der Waals surface area (Å²) in [5.41, 5.74) is 6.72. The van der Waals surface area contributed by atoms with Crippen molar-refractivity contribution in [3.05, 3.63) is 47.9 Å². The summed E-state index contributed by atoms with van der Waals surface area (Å²) in [6, 6.07) is 8.59. The third-order valence-electron chi connectivity index (χ3n) is 5.79. The Labute approximate surface area is 170 Å². The average molecular weight is 390 g/mol. The molecule has 29 heavy (non-hydrogen) atoms. The lowest BCUT2D eigenvalue weighted by atomic mass is 9.96. The van der Waals surface area contributed by atoms with Gasteiger partial charge in [-0.1, -0.05) is 13.8 Å². The highest BCUT2D eigenvalue weighted by Crippen LogP contribution is 2.37. The van der Waals surface area contributed by atoms with Crippen molar-refractivity contribution in [3.63, 3.8) is 0 Å². The molecular weight excluding hydrogens is 362 g/mol. The van der Waals surface area contributed by atoms with E-state index in [9.17, 15) is 0 Å². The molecule has 0 saturated carbocycles. The fraction of sp³-hybridized carbons (Fsp3) is 0.391. The number of aromatic amines is 1. The zero-order chi connectivity index (χ0) is 20.0. The summed E-state index contributed by atoms with van der Waals surface area (Å²) < 4.78 is 8.13. The first kappa shape index (κ1) is 18.2. The van der Waals surface area contributed by atoms with Crippen molar-refractivity contribution in [2.75, 3.05) is 13.1 Å². The van der Waals surface area contributed by atoms with Gasteiger partial charge in [0.1, 0.15) is 18.2 Å². The number of fused-ring (bicyclic) bond motifs is 2. The second kappa shape index (κ2) is 7.19. The maximum Gasteiger partial charge on any atom is 0.158 e. The van der Waals surface area contributed by atoms with Crippen molar-refractivity contribution in [1.29, 1.82) is 0 Å². The second-order valence-corrected chi connectivity index (χ2v) is 8.30. The molecule has 1 aliphatic heterocycles. The predicted molar refractivity (Wildman–Crippen MR) is 116 cm³/mol. The summed E-state index contributed by atoms with van der Waals surface area (Å²) in [5, 5.41) is 8.99. The number of H-pyrrole nitrogens is 1. The van der Waals surface area contributed by atoms with E-state index in [1.54, 1.807) is 6.33 Å². The fourth-order valence-electron chi connectivity index (χ4n) is 4.44.